The number of rotatable bonds is 6. The summed E-state index contributed by atoms with van der Waals surface area (Å²) in [6.45, 7) is 0. The van der Waals surface area contributed by atoms with Crippen molar-refractivity contribution in [2.45, 2.75) is 0 Å². The fourth-order valence-corrected chi connectivity index (χ4v) is 6.95. The van der Waals surface area contributed by atoms with Crippen molar-refractivity contribution in [1.29, 1.82) is 0 Å². The van der Waals surface area contributed by atoms with Gasteiger partial charge in [0.2, 0.25) is 0 Å². The molecule has 6 heteroatoms. The fourth-order valence-electron chi connectivity index (χ4n) is 6.95. The summed E-state index contributed by atoms with van der Waals surface area (Å²) in [6.07, 6.45) is 0. The molecule has 0 atom stereocenters. The third kappa shape index (κ3) is 5.01. The monoisotopic (exact) mass is 656 g/mol. The topological polar surface area (TPSA) is 68.2 Å². The van der Waals surface area contributed by atoms with Crippen molar-refractivity contribution in [3.8, 4) is 34.2 Å². The highest BCUT2D eigenvalue weighted by molar-refractivity contribution is 6.12. The molecule has 0 fully saturated rings. The normalized spacial score (nSPS) is 11.5. The van der Waals surface area contributed by atoms with E-state index < -0.39 is 0 Å². The van der Waals surface area contributed by atoms with Crippen LogP contribution in [-0.2, 0) is 0 Å². The van der Waals surface area contributed by atoms with Gasteiger partial charge in [-0.05, 0) is 60.7 Å². The van der Waals surface area contributed by atoms with E-state index in [1.54, 1.807) is 0 Å². The molecule has 0 radical (unpaired) electrons. The number of nitrogens with zero attached hydrogens (tertiary/aromatic N) is 4. The Hall–Kier alpha value is -7.05. The van der Waals surface area contributed by atoms with Gasteiger partial charge in [-0.2, -0.15) is 0 Å². The molecule has 0 aliphatic carbocycles. The largest absolute Gasteiger partial charge is 0.456 e. The van der Waals surface area contributed by atoms with E-state index in [1.807, 2.05) is 78.9 Å². The summed E-state index contributed by atoms with van der Waals surface area (Å²) < 4.78 is 12.8. The summed E-state index contributed by atoms with van der Waals surface area (Å²) in [5, 5.41) is 4.07. The smallest absolute Gasteiger partial charge is 0.164 e. The first-order valence-corrected chi connectivity index (χ1v) is 16.9. The number of furan rings is 2. The number of anilines is 3. The quantitative estimate of drug-likeness (QED) is 0.177. The molecule has 51 heavy (non-hydrogen) atoms. The van der Waals surface area contributed by atoms with Crippen LogP contribution >= 0.6 is 0 Å². The average molecular weight is 657 g/mol. The standard InChI is InChI=1S/C45H28N4O2/c1-4-13-29(14-5-1)43-46-44(30-23-25-35-34-19-10-11-21-38(34)50-40(35)27-30)48-45(47-43)37-20-12-22-39-42(37)36-26-24-33(28-41(36)51-39)49(31-15-6-2-7-16-31)32-17-8-3-9-18-32/h1-28H. The molecule has 10 rings (SSSR count). The lowest BCUT2D eigenvalue weighted by Crippen LogP contribution is -2.09. The molecule has 10 aromatic rings. The maximum absolute atomic E-state index is 6.57. The molecule has 0 saturated carbocycles. The highest BCUT2D eigenvalue weighted by atomic mass is 16.3. The van der Waals surface area contributed by atoms with Crippen molar-refractivity contribution < 1.29 is 8.83 Å². The molecule has 240 valence electrons. The molecule has 0 N–H and O–H groups in total. The van der Waals surface area contributed by atoms with E-state index in [4.69, 9.17) is 23.8 Å². The van der Waals surface area contributed by atoms with Gasteiger partial charge >= 0.3 is 0 Å². The van der Waals surface area contributed by atoms with Gasteiger partial charge in [-0.3, -0.25) is 0 Å². The van der Waals surface area contributed by atoms with Gasteiger partial charge < -0.3 is 13.7 Å². The van der Waals surface area contributed by atoms with Gasteiger partial charge in [0.05, 0.1) is 0 Å². The number of fused-ring (bicyclic) bond motifs is 6. The van der Waals surface area contributed by atoms with E-state index in [1.165, 1.54) is 0 Å². The van der Waals surface area contributed by atoms with Crippen molar-refractivity contribution in [3.05, 3.63) is 170 Å². The number of hydrogen-bond donors (Lipinski definition) is 0. The average Bonchev–Trinajstić information content (AvgIpc) is 3.77. The number of hydrogen-bond acceptors (Lipinski definition) is 6. The van der Waals surface area contributed by atoms with Crippen molar-refractivity contribution in [3.63, 3.8) is 0 Å². The Bertz CT molecular complexity index is 2820. The first-order chi connectivity index (χ1) is 25.3. The summed E-state index contributed by atoms with van der Waals surface area (Å²) in [5.41, 5.74) is 8.92. The van der Waals surface area contributed by atoms with Crippen molar-refractivity contribution >= 4 is 60.9 Å². The molecule has 0 aliphatic rings. The SMILES string of the molecule is c1ccc(-c2nc(-c3ccc4c(c3)oc3ccccc34)nc(-c3cccc4oc5cc(N(c6ccccc6)c6ccccc6)ccc5c34)n2)cc1. The Kier molecular flexibility index (Phi) is 6.70. The zero-order chi connectivity index (χ0) is 33.7. The molecule has 0 saturated heterocycles. The van der Waals surface area contributed by atoms with Gasteiger partial charge in [-0.15, -0.1) is 0 Å². The van der Waals surface area contributed by atoms with E-state index in [0.717, 1.165) is 77.6 Å². The van der Waals surface area contributed by atoms with Crippen LogP contribution in [0.25, 0.3) is 78.0 Å². The van der Waals surface area contributed by atoms with E-state index in [0.29, 0.717) is 17.5 Å². The predicted molar refractivity (Wildman–Crippen MR) is 205 cm³/mol. The molecule has 3 aromatic heterocycles. The summed E-state index contributed by atoms with van der Waals surface area (Å²) >= 11 is 0. The van der Waals surface area contributed by atoms with Crippen LogP contribution in [0.1, 0.15) is 0 Å². The Balaban J connectivity index is 1.15. The lowest BCUT2D eigenvalue weighted by atomic mass is 10.0. The van der Waals surface area contributed by atoms with Crippen LogP contribution in [0, 0.1) is 0 Å². The minimum Gasteiger partial charge on any atom is -0.456 e. The van der Waals surface area contributed by atoms with Gasteiger partial charge in [0, 0.05) is 61.4 Å². The zero-order valence-electron chi connectivity index (χ0n) is 27.3. The second-order valence-electron chi connectivity index (χ2n) is 12.4. The van der Waals surface area contributed by atoms with Gasteiger partial charge in [0.15, 0.2) is 17.5 Å². The van der Waals surface area contributed by atoms with Crippen molar-refractivity contribution in [1.82, 2.24) is 15.0 Å². The van der Waals surface area contributed by atoms with Crippen LogP contribution in [-0.4, -0.2) is 15.0 Å². The van der Waals surface area contributed by atoms with Crippen LogP contribution < -0.4 is 4.90 Å². The van der Waals surface area contributed by atoms with Crippen LogP contribution in [0.15, 0.2) is 179 Å². The number of aromatic nitrogens is 3. The maximum Gasteiger partial charge on any atom is 0.164 e. The summed E-state index contributed by atoms with van der Waals surface area (Å²) in [5.74, 6) is 1.72. The van der Waals surface area contributed by atoms with Gasteiger partial charge in [-0.1, -0.05) is 103 Å². The first-order valence-electron chi connectivity index (χ1n) is 16.9. The van der Waals surface area contributed by atoms with Crippen LogP contribution in [0.3, 0.4) is 0 Å². The fraction of sp³-hybridized carbons (Fsp3) is 0. The van der Waals surface area contributed by atoms with Gasteiger partial charge in [0.25, 0.3) is 0 Å². The molecular weight excluding hydrogens is 629 g/mol. The molecule has 3 heterocycles. The van der Waals surface area contributed by atoms with E-state index in [9.17, 15) is 0 Å². The molecule has 0 aliphatic heterocycles. The predicted octanol–water partition coefficient (Wildman–Crippen LogP) is 12.1. The Morgan fingerprint density at radius 1 is 0.353 bits per heavy atom. The van der Waals surface area contributed by atoms with E-state index in [-0.39, 0.29) is 0 Å². The van der Waals surface area contributed by atoms with Gasteiger partial charge in [-0.25, -0.2) is 15.0 Å². The number of benzene rings is 7. The molecule has 0 amide bonds. The molecule has 0 bridgehead atoms. The minimum atomic E-state index is 0.565. The molecule has 6 nitrogen and oxygen atoms in total. The van der Waals surface area contributed by atoms with Crippen molar-refractivity contribution in [2.75, 3.05) is 4.90 Å². The third-order valence-corrected chi connectivity index (χ3v) is 9.31. The lowest BCUT2D eigenvalue weighted by Gasteiger charge is -2.25. The Morgan fingerprint density at radius 2 is 0.922 bits per heavy atom. The van der Waals surface area contributed by atoms with Crippen LogP contribution in [0.2, 0.25) is 0 Å². The molecule has 7 aromatic carbocycles. The van der Waals surface area contributed by atoms with Crippen molar-refractivity contribution in [2.24, 2.45) is 0 Å². The Morgan fingerprint density at radius 3 is 1.69 bits per heavy atom. The molecule has 0 spiro atoms. The lowest BCUT2D eigenvalue weighted by molar-refractivity contribution is 0.668. The molecular formula is C45H28N4O2. The highest BCUT2D eigenvalue weighted by Crippen LogP contribution is 2.41. The van der Waals surface area contributed by atoms with E-state index in [2.05, 4.69) is 95.9 Å². The first kappa shape index (κ1) is 28.9. The van der Waals surface area contributed by atoms with Crippen LogP contribution in [0.5, 0.6) is 0 Å². The second-order valence-corrected chi connectivity index (χ2v) is 12.4. The third-order valence-electron chi connectivity index (χ3n) is 9.31. The summed E-state index contributed by atoms with van der Waals surface area (Å²) in [4.78, 5) is 17.4. The summed E-state index contributed by atoms with van der Waals surface area (Å²) in [6, 6.07) is 57.4. The number of para-hydroxylation sites is 3. The zero-order valence-corrected chi connectivity index (χ0v) is 27.3. The van der Waals surface area contributed by atoms with Gasteiger partial charge in [0.1, 0.15) is 22.3 Å². The maximum atomic E-state index is 6.57. The highest BCUT2D eigenvalue weighted by Gasteiger charge is 2.20. The Labute approximate surface area is 292 Å². The van der Waals surface area contributed by atoms with Crippen LogP contribution in [0.4, 0.5) is 17.1 Å². The second kappa shape index (κ2) is 11.8. The minimum absolute atomic E-state index is 0.565. The molecule has 0 unspecified atom stereocenters. The summed E-state index contributed by atoms with van der Waals surface area (Å²) in [7, 11) is 0. The van der Waals surface area contributed by atoms with E-state index >= 15 is 0 Å².